The van der Waals surface area contributed by atoms with Gasteiger partial charge >= 0.3 is 0 Å². The van der Waals surface area contributed by atoms with Gasteiger partial charge in [0.05, 0.1) is 6.04 Å². The predicted octanol–water partition coefficient (Wildman–Crippen LogP) is 2.47. The molecule has 1 rings (SSSR count). The smallest absolute Gasteiger partial charge is 0.211 e. The van der Waals surface area contributed by atoms with Crippen LogP contribution in [0.25, 0.3) is 0 Å². The molecule has 0 unspecified atom stereocenters. The lowest BCUT2D eigenvalue weighted by Crippen LogP contribution is -1.91. The van der Waals surface area contributed by atoms with Crippen LogP contribution in [0.1, 0.15) is 24.9 Å². The Bertz CT molecular complexity index is 275. The van der Waals surface area contributed by atoms with Crippen LogP contribution in [0.2, 0.25) is 0 Å². The highest BCUT2D eigenvalue weighted by Gasteiger charge is 2.04. The molecule has 0 amide bonds. The summed E-state index contributed by atoms with van der Waals surface area (Å²) in [6.07, 6.45) is 2.42. The third-order valence-electron chi connectivity index (χ3n) is 1.78. The average Bonchev–Trinajstić information content (AvgIpc) is 2.15. The van der Waals surface area contributed by atoms with Gasteiger partial charge in [-0.25, -0.2) is 4.79 Å². The maximum atomic E-state index is 10.1. The molecule has 1 aromatic rings. The quantitative estimate of drug-likeness (QED) is 0.494. The molecular formula is C10H11NO. The fourth-order valence-electron chi connectivity index (χ4n) is 1.14. The van der Waals surface area contributed by atoms with E-state index < -0.39 is 0 Å². The third-order valence-corrected chi connectivity index (χ3v) is 1.78. The Kier molecular flexibility index (Phi) is 3.24. The summed E-state index contributed by atoms with van der Waals surface area (Å²) in [5, 5.41) is 0. The lowest BCUT2D eigenvalue weighted by atomic mass is 10.1. The summed E-state index contributed by atoms with van der Waals surface area (Å²) in [6, 6.07) is 9.74. The summed E-state index contributed by atoms with van der Waals surface area (Å²) in [5.74, 6) is 0. The van der Waals surface area contributed by atoms with E-state index in [-0.39, 0.29) is 6.04 Å². The Balaban J connectivity index is 2.87. The molecule has 0 spiro atoms. The van der Waals surface area contributed by atoms with Crippen molar-refractivity contribution >= 4 is 6.08 Å². The lowest BCUT2D eigenvalue weighted by Gasteiger charge is -2.06. The van der Waals surface area contributed by atoms with Crippen molar-refractivity contribution in [3.63, 3.8) is 0 Å². The van der Waals surface area contributed by atoms with Crippen LogP contribution in [-0.4, -0.2) is 6.08 Å². The standard InChI is InChI=1S/C10H11NO/c1-2-10(11-8-12)9-6-4-3-5-7-9/h3-7,10H,2H2,1H3/t10-/m0/s1. The van der Waals surface area contributed by atoms with Crippen LogP contribution < -0.4 is 0 Å². The molecule has 0 saturated heterocycles. The van der Waals surface area contributed by atoms with E-state index in [0.717, 1.165) is 12.0 Å². The molecule has 1 aromatic carbocycles. The summed E-state index contributed by atoms with van der Waals surface area (Å²) in [6.45, 7) is 2.00. The van der Waals surface area contributed by atoms with Gasteiger partial charge in [-0.1, -0.05) is 37.3 Å². The van der Waals surface area contributed by atoms with Gasteiger partial charge in [0.25, 0.3) is 0 Å². The first-order valence-corrected chi connectivity index (χ1v) is 4.00. The number of carbonyl (C=O) groups excluding carboxylic acids is 1. The van der Waals surface area contributed by atoms with Crippen molar-refractivity contribution in [2.75, 3.05) is 0 Å². The summed E-state index contributed by atoms with van der Waals surface area (Å²) < 4.78 is 0. The van der Waals surface area contributed by atoms with Gasteiger partial charge in [-0.15, -0.1) is 0 Å². The second kappa shape index (κ2) is 4.47. The molecule has 0 aliphatic rings. The monoisotopic (exact) mass is 161 g/mol. The minimum atomic E-state index is -0.0244. The van der Waals surface area contributed by atoms with Gasteiger partial charge < -0.3 is 0 Å². The number of hydrogen-bond acceptors (Lipinski definition) is 2. The van der Waals surface area contributed by atoms with E-state index in [2.05, 4.69) is 4.99 Å². The van der Waals surface area contributed by atoms with Gasteiger partial charge in [0.1, 0.15) is 0 Å². The Morgan fingerprint density at radius 3 is 2.58 bits per heavy atom. The van der Waals surface area contributed by atoms with Crippen LogP contribution in [0.3, 0.4) is 0 Å². The molecule has 1 atom stereocenters. The number of benzene rings is 1. The van der Waals surface area contributed by atoms with Crippen LogP contribution in [0.15, 0.2) is 35.3 Å². The van der Waals surface area contributed by atoms with Gasteiger partial charge in [0.2, 0.25) is 6.08 Å². The maximum absolute atomic E-state index is 10.1. The van der Waals surface area contributed by atoms with E-state index >= 15 is 0 Å². The Morgan fingerprint density at radius 2 is 2.08 bits per heavy atom. The topological polar surface area (TPSA) is 29.4 Å². The molecular weight excluding hydrogens is 150 g/mol. The van der Waals surface area contributed by atoms with Crippen molar-refractivity contribution in [3.8, 4) is 0 Å². The first-order valence-electron chi connectivity index (χ1n) is 4.00. The molecule has 0 N–H and O–H groups in total. The normalized spacial score (nSPS) is 11.8. The van der Waals surface area contributed by atoms with Crippen molar-refractivity contribution < 1.29 is 4.79 Å². The van der Waals surface area contributed by atoms with Crippen LogP contribution >= 0.6 is 0 Å². The summed E-state index contributed by atoms with van der Waals surface area (Å²) in [4.78, 5) is 13.8. The van der Waals surface area contributed by atoms with E-state index in [1.54, 1.807) is 6.08 Å². The molecule has 0 bridgehead atoms. The van der Waals surface area contributed by atoms with Crippen LogP contribution in [-0.2, 0) is 4.79 Å². The number of aliphatic imine (C=N–C) groups is 1. The zero-order chi connectivity index (χ0) is 8.81. The molecule has 0 aliphatic carbocycles. The molecule has 0 radical (unpaired) electrons. The second-order valence-corrected chi connectivity index (χ2v) is 2.56. The highest BCUT2D eigenvalue weighted by Crippen LogP contribution is 2.19. The summed E-state index contributed by atoms with van der Waals surface area (Å²) in [7, 11) is 0. The molecule has 0 aliphatic heterocycles. The molecule has 12 heavy (non-hydrogen) atoms. The number of isocyanates is 1. The van der Waals surface area contributed by atoms with Crippen molar-refractivity contribution in [1.29, 1.82) is 0 Å². The van der Waals surface area contributed by atoms with Crippen LogP contribution in [0, 0.1) is 0 Å². The minimum absolute atomic E-state index is 0.0244. The van der Waals surface area contributed by atoms with E-state index in [4.69, 9.17) is 0 Å². The van der Waals surface area contributed by atoms with Gasteiger partial charge in [0, 0.05) is 0 Å². The van der Waals surface area contributed by atoms with E-state index in [1.807, 2.05) is 37.3 Å². The van der Waals surface area contributed by atoms with Crippen LogP contribution in [0.5, 0.6) is 0 Å². The summed E-state index contributed by atoms with van der Waals surface area (Å²) >= 11 is 0. The van der Waals surface area contributed by atoms with Gasteiger partial charge in [-0.2, -0.15) is 4.99 Å². The number of rotatable bonds is 3. The molecule has 62 valence electrons. The molecule has 0 aromatic heterocycles. The first kappa shape index (κ1) is 8.69. The van der Waals surface area contributed by atoms with Crippen molar-refractivity contribution in [2.45, 2.75) is 19.4 Å². The van der Waals surface area contributed by atoms with Crippen molar-refractivity contribution in [3.05, 3.63) is 35.9 Å². The Hall–Kier alpha value is -1.40. The van der Waals surface area contributed by atoms with Gasteiger partial charge in [-0.05, 0) is 12.0 Å². The third kappa shape index (κ3) is 2.04. The minimum Gasteiger partial charge on any atom is -0.211 e. The molecule has 0 fully saturated rings. The Morgan fingerprint density at radius 1 is 1.42 bits per heavy atom. The lowest BCUT2D eigenvalue weighted by molar-refractivity contribution is 0.556. The SMILES string of the molecule is CC[C@H](N=C=O)c1ccccc1. The van der Waals surface area contributed by atoms with E-state index in [1.165, 1.54) is 0 Å². The number of hydrogen-bond donors (Lipinski definition) is 0. The first-order chi connectivity index (χ1) is 5.88. The maximum Gasteiger partial charge on any atom is 0.235 e. The highest BCUT2D eigenvalue weighted by atomic mass is 16.1. The van der Waals surface area contributed by atoms with Crippen molar-refractivity contribution in [1.82, 2.24) is 0 Å². The molecule has 0 saturated carbocycles. The zero-order valence-electron chi connectivity index (χ0n) is 7.03. The molecule has 2 heteroatoms. The number of nitrogens with zero attached hydrogens (tertiary/aromatic N) is 1. The van der Waals surface area contributed by atoms with E-state index in [0.29, 0.717) is 0 Å². The molecule has 2 nitrogen and oxygen atoms in total. The largest absolute Gasteiger partial charge is 0.235 e. The van der Waals surface area contributed by atoms with Crippen molar-refractivity contribution in [2.24, 2.45) is 4.99 Å². The van der Waals surface area contributed by atoms with Gasteiger partial charge in [0.15, 0.2) is 0 Å². The molecule has 0 heterocycles. The van der Waals surface area contributed by atoms with Crippen LogP contribution in [0.4, 0.5) is 0 Å². The Labute approximate surface area is 71.9 Å². The summed E-state index contributed by atoms with van der Waals surface area (Å²) in [5.41, 5.74) is 1.07. The predicted molar refractivity (Wildman–Crippen MR) is 47.6 cm³/mol. The fourth-order valence-corrected chi connectivity index (χ4v) is 1.14. The highest BCUT2D eigenvalue weighted by molar-refractivity contribution is 5.35. The van der Waals surface area contributed by atoms with Gasteiger partial charge in [-0.3, -0.25) is 0 Å². The fraction of sp³-hybridized carbons (Fsp3) is 0.300. The van der Waals surface area contributed by atoms with E-state index in [9.17, 15) is 4.79 Å². The zero-order valence-corrected chi connectivity index (χ0v) is 7.03. The average molecular weight is 161 g/mol. The second-order valence-electron chi connectivity index (χ2n) is 2.56.